The first-order chi connectivity index (χ1) is 8.71. The number of hydrogen-bond donors (Lipinski definition) is 1. The molecule has 0 bridgehead atoms. The van der Waals surface area contributed by atoms with Gasteiger partial charge in [-0.1, -0.05) is 19.8 Å². The van der Waals surface area contributed by atoms with Gasteiger partial charge in [0.05, 0.1) is 26.1 Å². The van der Waals surface area contributed by atoms with Crippen molar-refractivity contribution in [1.29, 1.82) is 0 Å². The smallest absolute Gasteiger partial charge is 0.328 e. The van der Waals surface area contributed by atoms with Crippen LogP contribution in [0.4, 0.5) is 5.69 Å². The Morgan fingerprint density at radius 3 is 2.72 bits per heavy atom. The minimum atomic E-state index is -0.329. The lowest BCUT2D eigenvalue weighted by Gasteiger charge is -2.17. The van der Waals surface area contributed by atoms with Crippen LogP contribution < -0.4 is 10.1 Å². The minimum absolute atomic E-state index is 0.251. The summed E-state index contributed by atoms with van der Waals surface area (Å²) in [6, 6.07) is 3.25. The van der Waals surface area contributed by atoms with Crippen molar-refractivity contribution in [1.82, 2.24) is 4.98 Å². The number of methoxy groups -OCH3 is 2. The first kappa shape index (κ1) is 14.3. The lowest BCUT2D eigenvalue weighted by molar-refractivity contribution is -0.141. The SMILES string of the molecule is CCCCC(Nc1ccc(OC)nc1)C(=O)OC. The number of unbranched alkanes of at least 4 members (excludes halogenated alkanes) is 1. The van der Waals surface area contributed by atoms with Gasteiger partial charge in [-0.3, -0.25) is 0 Å². The summed E-state index contributed by atoms with van der Waals surface area (Å²) in [6.45, 7) is 2.09. The van der Waals surface area contributed by atoms with Gasteiger partial charge in [0.1, 0.15) is 6.04 Å². The molecule has 0 aliphatic heterocycles. The number of anilines is 1. The second-order valence-corrected chi connectivity index (χ2v) is 3.95. The quantitative estimate of drug-likeness (QED) is 0.754. The van der Waals surface area contributed by atoms with Gasteiger partial charge >= 0.3 is 5.97 Å². The molecule has 0 aromatic carbocycles. The van der Waals surface area contributed by atoms with Crippen LogP contribution in [0.15, 0.2) is 18.3 Å². The largest absolute Gasteiger partial charge is 0.481 e. The number of hydrogen-bond acceptors (Lipinski definition) is 5. The molecule has 1 N–H and O–H groups in total. The third-order valence-corrected chi connectivity index (χ3v) is 2.62. The van der Waals surface area contributed by atoms with E-state index in [1.807, 2.05) is 6.07 Å². The molecule has 1 aromatic heterocycles. The highest BCUT2D eigenvalue weighted by Gasteiger charge is 2.18. The molecule has 0 aliphatic carbocycles. The van der Waals surface area contributed by atoms with E-state index in [0.717, 1.165) is 24.9 Å². The van der Waals surface area contributed by atoms with E-state index in [1.165, 1.54) is 7.11 Å². The normalized spacial score (nSPS) is 11.7. The van der Waals surface area contributed by atoms with Crippen LogP contribution in [0, 0.1) is 0 Å². The molecule has 1 rings (SSSR count). The van der Waals surface area contributed by atoms with Gasteiger partial charge in [0.25, 0.3) is 0 Å². The molecule has 100 valence electrons. The lowest BCUT2D eigenvalue weighted by atomic mass is 10.1. The topological polar surface area (TPSA) is 60.5 Å². The summed E-state index contributed by atoms with van der Waals surface area (Å²) in [5, 5.41) is 3.12. The molecule has 5 heteroatoms. The predicted molar refractivity (Wildman–Crippen MR) is 69.7 cm³/mol. The number of rotatable bonds is 7. The van der Waals surface area contributed by atoms with Crippen molar-refractivity contribution in [2.24, 2.45) is 0 Å². The summed E-state index contributed by atoms with van der Waals surface area (Å²) in [6.07, 6.45) is 4.39. The Morgan fingerprint density at radius 2 is 2.22 bits per heavy atom. The molecule has 0 fully saturated rings. The Hall–Kier alpha value is -1.78. The van der Waals surface area contributed by atoms with Crippen LogP contribution in [0.5, 0.6) is 5.88 Å². The molecule has 0 saturated carbocycles. The maximum atomic E-state index is 11.6. The molecule has 1 aromatic rings. The molecule has 1 heterocycles. The monoisotopic (exact) mass is 252 g/mol. The molecule has 18 heavy (non-hydrogen) atoms. The van der Waals surface area contributed by atoms with E-state index in [1.54, 1.807) is 19.4 Å². The molecule has 0 radical (unpaired) electrons. The zero-order chi connectivity index (χ0) is 13.4. The highest BCUT2D eigenvalue weighted by Crippen LogP contribution is 2.14. The molecule has 1 atom stereocenters. The van der Waals surface area contributed by atoms with E-state index < -0.39 is 0 Å². The van der Waals surface area contributed by atoms with Gasteiger partial charge in [0.15, 0.2) is 0 Å². The van der Waals surface area contributed by atoms with Crippen LogP contribution in [0.1, 0.15) is 26.2 Å². The standard InChI is InChI=1S/C13H20N2O3/c1-4-5-6-11(13(16)18-3)15-10-7-8-12(17-2)14-9-10/h7-9,11,15H,4-6H2,1-3H3. The number of esters is 1. The van der Waals surface area contributed by atoms with Gasteiger partial charge in [-0.15, -0.1) is 0 Å². The van der Waals surface area contributed by atoms with Gasteiger partial charge in [-0.2, -0.15) is 0 Å². The van der Waals surface area contributed by atoms with Crippen LogP contribution in [0.25, 0.3) is 0 Å². The van der Waals surface area contributed by atoms with Crippen molar-refractivity contribution >= 4 is 11.7 Å². The molecule has 0 saturated heterocycles. The summed E-state index contributed by atoms with van der Waals surface area (Å²) in [5.74, 6) is 0.294. The maximum absolute atomic E-state index is 11.6. The Kier molecular flexibility index (Phi) is 5.97. The second kappa shape index (κ2) is 7.53. The summed E-state index contributed by atoms with van der Waals surface area (Å²) in [5.41, 5.74) is 0.780. The average molecular weight is 252 g/mol. The van der Waals surface area contributed by atoms with Crippen LogP contribution in [0.2, 0.25) is 0 Å². The Balaban J connectivity index is 2.65. The highest BCUT2D eigenvalue weighted by molar-refractivity contribution is 5.79. The van der Waals surface area contributed by atoms with Crippen molar-refractivity contribution in [3.8, 4) is 5.88 Å². The fraction of sp³-hybridized carbons (Fsp3) is 0.538. The lowest BCUT2D eigenvalue weighted by Crippen LogP contribution is -2.30. The van der Waals surface area contributed by atoms with Gasteiger partial charge in [0.2, 0.25) is 5.88 Å². The first-order valence-corrected chi connectivity index (χ1v) is 6.05. The van der Waals surface area contributed by atoms with Crippen molar-refractivity contribution in [2.75, 3.05) is 19.5 Å². The van der Waals surface area contributed by atoms with E-state index in [-0.39, 0.29) is 12.0 Å². The fourth-order valence-electron chi connectivity index (χ4n) is 1.59. The minimum Gasteiger partial charge on any atom is -0.481 e. The Labute approximate surface area is 108 Å². The number of carbonyl (C=O) groups excluding carboxylic acids is 1. The second-order valence-electron chi connectivity index (χ2n) is 3.95. The third kappa shape index (κ3) is 4.24. The molecule has 5 nitrogen and oxygen atoms in total. The van der Waals surface area contributed by atoms with Gasteiger partial charge in [0, 0.05) is 6.07 Å². The first-order valence-electron chi connectivity index (χ1n) is 6.05. The van der Waals surface area contributed by atoms with E-state index in [9.17, 15) is 4.79 Å². The van der Waals surface area contributed by atoms with Crippen LogP contribution >= 0.6 is 0 Å². The summed E-state index contributed by atoms with van der Waals surface area (Å²) in [4.78, 5) is 15.7. The maximum Gasteiger partial charge on any atom is 0.328 e. The van der Waals surface area contributed by atoms with Gasteiger partial charge in [-0.05, 0) is 12.5 Å². The zero-order valence-corrected chi connectivity index (χ0v) is 11.1. The van der Waals surface area contributed by atoms with Crippen molar-refractivity contribution in [2.45, 2.75) is 32.2 Å². The number of aromatic nitrogens is 1. The van der Waals surface area contributed by atoms with E-state index in [2.05, 4.69) is 17.2 Å². The number of pyridine rings is 1. The highest BCUT2D eigenvalue weighted by atomic mass is 16.5. The molecule has 0 spiro atoms. The van der Waals surface area contributed by atoms with E-state index in [4.69, 9.17) is 9.47 Å². The molecule has 0 aliphatic rings. The van der Waals surface area contributed by atoms with Crippen molar-refractivity contribution in [3.63, 3.8) is 0 Å². The fourth-order valence-corrected chi connectivity index (χ4v) is 1.59. The number of carbonyl (C=O) groups is 1. The summed E-state index contributed by atoms with van der Waals surface area (Å²) >= 11 is 0. The molecule has 0 amide bonds. The Bertz CT molecular complexity index is 365. The Morgan fingerprint density at radius 1 is 1.44 bits per heavy atom. The summed E-state index contributed by atoms with van der Waals surface area (Å²) in [7, 11) is 2.96. The van der Waals surface area contributed by atoms with E-state index in [0.29, 0.717) is 5.88 Å². The predicted octanol–water partition coefficient (Wildman–Crippen LogP) is 2.23. The van der Waals surface area contributed by atoms with Crippen molar-refractivity contribution < 1.29 is 14.3 Å². The van der Waals surface area contributed by atoms with Crippen LogP contribution in [-0.2, 0) is 9.53 Å². The number of nitrogens with one attached hydrogen (secondary N) is 1. The van der Waals surface area contributed by atoms with Crippen LogP contribution in [-0.4, -0.2) is 31.2 Å². The summed E-state index contributed by atoms with van der Waals surface area (Å²) < 4.78 is 9.76. The average Bonchev–Trinajstić information content (AvgIpc) is 2.43. The number of nitrogens with zero attached hydrogens (tertiary/aromatic N) is 1. The zero-order valence-electron chi connectivity index (χ0n) is 11.1. The van der Waals surface area contributed by atoms with E-state index >= 15 is 0 Å². The third-order valence-electron chi connectivity index (χ3n) is 2.62. The molecule has 1 unspecified atom stereocenters. The van der Waals surface area contributed by atoms with Gasteiger partial charge < -0.3 is 14.8 Å². The number of ether oxygens (including phenoxy) is 2. The molecular formula is C13H20N2O3. The van der Waals surface area contributed by atoms with Crippen molar-refractivity contribution in [3.05, 3.63) is 18.3 Å². The van der Waals surface area contributed by atoms with Crippen LogP contribution in [0.3, 0.4) is 0 Å². The molecular weight excluding hydrogens is 232 g/mol. The van der Waals surface area contributed by atoms with Gasteiger partial charge in [-0.25, -0.2) is 9.78 Å².